The molecule has 7 atom stereocenters. The first-order chi connectivity index (χ1) is 31.4. The van der Waals surface area contributed by atoms with Gasteiger partial charge in [0.1, 0.15) is 40.8 Å². The highest BCUT2D eigenvalue weighted by atomic mass is 16.6. The molecule has 348 valence electrons. The van der Waals surface area contributed by atoms with Crippen molar-refractivity contribution in [2.75, 3.05) is 53.1 Å². The molecule has 0 spiro atoms. The van der Waals surface area contributed by atoms with E-state index in [2.05, 4.69) is 16.0 Å². The molecule has 7 aliphatic rings. The summed E-state index contributed by atoms with van der Waals surface area (Å²) in [6.45, 7) is 4.09. The Kier molecular flexibility index (Phi) is 12.9. The van der Waals surface area contributed by atoms with Crippen LogP contribution in [0.4, 0.5) is 0 Å². The van der Waals surface area contributed by atoms with Gasteiger partial charge in [-0.3, -0.25) is 14.6 Å². The van der Waals surface area contributed by atoms with Crippen molar-refractivity contribution in [2.24, 2.45) is 22.7 Å². The summed E-state index contributed by atoms with van der Waals surface area (Å²) in [6.07, 6.45) is 8.26. The second-order valence-electron chi connectivity index (χ2n) is 18.7. The molecule has 15 nitrogen and oxygen atoms in total. The van der Waals surface area contributed by atoms with Gasteiger partial charge >= 0.3 is 5.97 Å². The summed E-state index contributed by atoms with van der Waals surface area (Å²) in [4.78, 5) is 48.6. The van der Waals surface area contributed by atoms with Crippen molar-refractivity contribution < 1.29 is 63.6 Å². The Morgan fingerprint density at radius 1 is 1.11 bits per heavy atom. The van der Waals surface area contributed by atoms with Gasteiger partial charge in [0.05, 0.1) is 48.4 Å². The van der Waals surface area contributed by atoms with Crippen LogP contribution in [0, 0.1) is 17.8 Å². The van der Waals surface area contributed by atoms with E-state index in [4.69, 9.17) is 23.7 Å². The minimum absolute atomic E-state index is 0.0198. The zero-order chi connectivity index (χ0) is 45.6. The summed E-state index contributed by atoms with van der Waals surface area (Å²) >= 11 is 0. The van der Waals surface area contributed by atoms with E-state index in [9.17, 15) is 39.9 Å². The number of Topliss-reactive ketones (excluding diaryl/α,β-unsaturated/α-hetero) is 1. The largest absolute Gasteiger partial charge is 0.489 e. The Hall–Kier alpha value is -4.74. The SMILES string of the molecule is CCOC(=O)C1=C(C=O)/C(=C2\C[C@H](CO)C(=O)[C@@H](c3ccc4c(c3)=CCN=4)C2)c2c(c(CO)c3c(c2O[C@@H]2CCCC(O)(O)C2)C[C@@H]([C@@]2(O)CC=C[C@@H]4CN(CCCOC)CC[C@H]42)O3)O1. The quantitative estimate of drug-likeness (QED) is 0.0643. The van der Waals surface area contributed by atoms with E-state index in [0.29, 0.717) is 55.4 Å². The molecule has 65 heavy (non-hydrogen) atoms. The molecule has 4 aliphatic heterocycles. The molecule has 5 N–H and O–H groups in total. The van der Waals surface area contributed by atoms with Gasteiger partial charge in [0.15, 0.2) is 12.1 Å². The minimum Gasteiger partial charge on any atom is -0.489 e. The first-order valence-corrected chi connectivity index (χ1v) is 23.2. The Labute approximate surface area is 377 Å². The van der Waals surface area contributed by atoms with Crippen molar-refractivity contribution in [1.82, 2.24) is 4.90 Å². The van der Waals surface area contributed by atoms with Gasteiger partial charge in [-0.25, -0.2) is 4.79 Å². The lowest BCUT2D eigenvalue weighted by atomic mass is 9.66. The predicted molar refractivity (Wildman–Crippen MR) is 235 cm³/mol. The molecule has 0 unspecified atom stereocenters. The number of benzene rings is 2. The number of carbonyl (C=O) groups excluding carboxylic acids is 3. The number of fused-ring (bicyclic) bond motifs is 4. The van der Waals surface area contributed by atoms with Crippen LogP contribution in [0.1, 0.15) is 92.9 Å². The van der Waals surface area contributed by atoms with Crippen LogP contribution in [0.5, 0.6) is 17.2 Å². The zero-order valence-electron chi connectivity index (χ0n) is 37.1. The highest BCUT2D eigenvalue weighted by Crippen LogP contribution is 2.58. The smallest absolute Gasteiger partial charge is 0.375 e. The predicted octanol–water partition coefficient (Wildman–Crippen LogP) is 2.48. The molecule has 4 heterocycles. The third kappa shape index (κ3) is 8.38. The fourth-order valence-corrected chi connectivity index (χ4v) is 11.6. The van der Waals surface area contributed by atoms with Crippen LogP contribution in [-0.4, -0.2) is 125 Å². The monoisotopic (exact) mass is 896 g/mol. The topological polar surface area (TPSA) is 214 Å². The fraction of sp³-hybridized carbons (Fsp3) is 0.560. The molecule has 9 rings (SSSR count). The van der Waals surface area contributed by atoms with Crippen molar-refractivity contribution in [1.29, 1.82) is 0 Å². The van der Waals surface area contributed by atoms with Gasteiger partial charge in [0.25, 0.3) is 0 Å². The number of ketones is 1. The molecule has 0 radical (unpaired) electrons. The number of ether oxygens (including phenoxy) is 5. The number of esters is 1. The molecular weight excluding hydrogens is 837 g/mol. The van der Waals surface area contributed by atoms with Gasteiger partial charge in [0, 0.05) is 75.0 Å². The standard InChI is InChI=1S/C50H60N2O13/c1-3-62-48(57)47-36(26-54)41(31-20-32(25-53)43(56)34(21-31)28-9-10-39-29(19-28)11-15-51-39)42-45(63-33-8-5-13-49(58,59)23-33)35-22-40(64-44(35)37(27-55)46(42)65-47)50(60)14-4-7-30-24-52(16-6-18-61-2)17-12-38(30)50/h4,7,9-11,19,26,30,32-34,38,40,53,55,58-60H,3,5-6,8,12-18,20-25,27H2,1-2H3/b41-31-/t30-,32-,33-,34-,38-,40+,50-/m1/s1. The normalized spacial score (nSPS) is 30.2. The third-order valence-electron chi connectivity index (χ3n) is 14.7. The van der Waals surface area contributed by atoms with E-state index in [1.54, 1.807) is 14.0 Å². The number of likely N-dealkylation sites (tertiary alicyclic amines) is 1. The molecule has 15 heteroatoms. The lowest BCUT2D eigenvalue weighted by Crippen LogP contribution is -2.58. The van der Waals surface area contributed by atoms with Crippen LogP contribution in [0.15, 0.2) is 52.2 Å². The summed E-state index contributed by atoms with van der Waals surface area (Å²) in [6, 6.07) is 5.65. The molecule has 0 aromatic heterocycles. The molecule has 2 saturated carbocycles. The van der Waals surface area contributed by atoms with Gasteiger partial charge in [-0.2, -0.15) is 0 Å². The summed E-state index contributed by atoms with van der Waals surface area (Å²) in [7, 11) is 1.69. The number of aliphatic hydroxyl groups is 5. The number of carbonyl (C=O) groups is 3. The Balaban J connectivity index is 1.22. The molecule has 1 saturated heterocycles. The van der Waals surface area contributed by atoms with Crippen molar-refractivity contribution in [3.05, 3.63) is 80.1 Å². The number of nitrogens with zero attached hydrogens (tertiary/aromatic N) is 2. The lowest BCUT2D eigenvalue weighted by molar-refractivity contribution is -0.196. The van der Waals surface area contributed by atoms with E-state index in [1.807, 2.05) is 30.4 Å². The molecule has 3 fully saturated rings. The van der Waals surface area contributed by atoms with Gasteiger partial charge in [-0.05, 0) is 87.2 Å². The van der Waals surface area contributed by atoms with Crippen molar-refractivity contribution >= 4 is 29.7 Å². The number of hydrogen-bond acceptors (Lipinski definition) is 15. The highest BCUT2D eigenvalue weighted by molar-refractivity contribution is 6.11. The molecule has 2 aromatic carbocycles. The lowest BCUT2D eigenvalue weighted by Gasteiger charge is -2.49. The molecule has 3 aliphatic carbocycles. The van der Waals surface area contributed by atoms with Crippen LogP contribution in [-0.2, 0) is 36.9 Å². The maximum Gasteiger partial charge on any atom is 0.375 e. The minimum atomic E-state index is -2.01. The number of rotatable bonds is 13. The first-order valence-electron chi connectivity index (χ1n) is 23.2. The number of aldehydes is 1. The summed E-state index contributed by atoms with van der Waals surface area (Å²) < 4.78 is 31.0. The third-order valence-corrected chi connectivity index (χ3v) is 14.7. The number of piperidine rings is 1. The van der Waals surface area contributed by atoms with E-state index in [0.717, 1.165) is 43.1 Å². The zero-order valence-corrected chi connectivity index (χ0v) is 37.1. The average molecular weight is 897 g/mol. The van der Waals surface area contributed by atoms with Gasteiger partial charge in [0.2, 0.25) is 5.76 Å². The molecule has 0 amide bonds. The van der Waals surface area contributed by atoms with Crippen molar-refractivity contribution in [3.8, 4) is 17.2 Å². The summed E-state index contributed by atoms with van der Waals surface area (Å²) in [5.74, 6) is -4.86. The van der Waals surface area contributed by atoms with E-state index >= 15 is 0 Å². The Bertz CT molecular complexity index is 2460. The van der Waals surface area contributed by atoms with Crippen LogP contribution < -0.4 is 24.8 Å². The van der Waals surface area contributed by atoms with E-state index in [-0.39, 0.29) is 95.9 Å². The van der Waals surface area contributed by atoms with Crippen LogP contribution in [0.3, 0.4) is 0 Å². The first kappa shape index (κ1) is 45.4. The van der Waals surface area contributed by atoms with Gasteiger partial charge in [-0.1, -0.05) is 29.9 Å². The fourth-order valence-electron chi connectivity index (χ4n) is 11.6. The number of methoxy groups -OCH3 is 1. The van der Waals surface area contributed by atoms with Gasteiger partial charge in [-0.15, -0.1) is 0 Å². The molecule has 0 bridgehead atoms. The second kappa shape index (κ2) is 18.5. The average Bonchev–Trinajstić information content (AvgIpc) is 3.97. The summed E-state index contributed by atoms with van der Waals surface area (Å²) in [5.41, 5.74) is 0.924. The van der Waals surface area contributed by atoms with Crippen molar-refractivity contribution in [2.45, 2.75) is 107 Å². The summed E-state index contributed by atoms with van der Waals surface area (Å²) in [5, 5.41) is 58.6. The van der Waals surface area contributed by atoms with E-state index < -0.39 is 60.4 Å². The number of hydrogen-bond donors (Lipinski definition) is 5. The molecule has 2 aromatic rings. The Morgan fingerprint density at radius 2 is 1.95 bits per heavy atom. The van der Waals surface area contributed by atoms with Crippen LogP contribution >= 0.6 is 0 Å². The molecular formula is C50H60N2O13. The maximum absolute atomic E-state index is 14.2. The van der Waals surface area contributed by atoms with E-state index in [1.165, 1.54) is 0 Å². The van der Waals surface area contributed by atoms with Crippen LogP contribution in [0.25, 0.3) is 11.6 Å². The van der Waals surface area contributed by atoms with Gasteiger partial charge < -0.3 is 54.1 Å². The number of aliphatic hydroxyl groups excluding tert-OH is 2. The maximum atomic E-state index is 14.2. The van der Waals surface area contributed by atoms with Crippen LogP contribution in [0.2, 0.25) is 0 Å². The number of allylic oxidation sites excluding steroid dienone is 3. The second-order valence-corrected chi connectivity index (χ2v) is 18.7. The Morgan fingerprint density at radius 3 is 2.71 bits per heavy atom. The highest BCUT2D eigenvalue weighted by Gasteiger charge is 2.54. The van der Waals surface area contributed by atoms with Crippen molar-refractivity contribution in [3.63, 3.8) is 0 Å².